The van der Waals surface area contributed by atoms with Gasteiger partial charge < -0.3 is 33.2 Å². The molecule has 0 atom stereocenters. The van der Waals surface area contributed by atoms with Gasteiger partial charge in [-0.15, -0.1) is 0 Å². The van der Waals surface area contributed by atoms with Crippen molar-refractivity contribution in [2.45, 2.75) is 69.3 Å². The summed E-state index contributed by atoms with van der Waals surface area (Å²) in [6.45, 7) is 2.19. The number of piperidine rings is 1. The largest absolute Gasteiger partial charge is 1.00 e. The van der Waals surface area contributed by atoms with Gasteiger partial charge in [0.2, 0.25) is 0 Å². The first-order chi connectivity index (χ1) is 12.0. The highest BCUT2D eigenvalue weighted by molar-refractivity contribution is 5.83. The van der Waals surface area contributed by atoms with Crippen molar-refractivity contribution in [3.8, 4) is 0 Å². The smallest absolute Gasteiger partial charge is 0.316 e. The van der Waals surface area contributed by atoms with Gasteiger partial charge in [0.05, 0.1) is 32.6 Å². The van der Waals surface area contributed by atoms with Crippen LogP contribution in [0.4, 0.5) is 0 Å². The standard InChI is InChI=1S/C22H34NO2.HI/c1-23(2)17-13-20(14-18-23)25-21(24)22(19-11-7-6-8-12-19)15-9-4-3-5-10-16-22;/h6-8,11-12,20H,3-5,9-10,13-18H2,1-2H3;1H/q+1;/p-1. The highest BCUT2D eigenvalue weighted by Gasteiger charge is 2.43. The summed E-state index contributed by atoms with van der Waals surface area (Å²) < 4.78 is 7.17. The lowest BCUT2D eigenvalue weighted by atomic mass is 9.71. The Morgan fingerprint density at radius 1 is 0.962 bits per heavy atom. The van der Waals surface area contributed by atoms with Gasteiger partial charge in [-0.05, 0) is 18.4 Å². The van der Waals surface area contributed by atoms with Crippen LogP contribution in [0.25, 0.3) is 0 Å². The van der Waals surface area contributed by atoms with Crippen LogP contribution in [0.2, 0.25) is 0 Å². The van der Waals surface area contributed by atoms with E-state index in [0.717, 1.165) is 61.7 Å². The van der Waals surface area contributed by atoms with Crippen LogP contribution in [0.1, 0.15) is 63.4 Å². The van der Waals surface area contributed by atoms with E-state index in [-0.39, 0.29) is 36.0 Å². The van der Waals surface area contributed by atoms with Crippen LogP contribution in [-0.2, 0) is 14.9 Å². The molecule has 0 unspecified atom stereocenters. The van der Waals surface area contributed by atoms with Gasteiger partial charge in [0.25, 0.3) is 0 Å². The number of esters is 1. The third-order valence-corrected chi connectivity index (χ3v) is 6.31. The molecule has 0 spiro atoms. The molecule has 1 saturated heterocycles. The Hall–Kier alpha value is -0.620. The van der Waals surface area contributed by atoms with E-state index < -0.39 is 5.41 Å². The fraction of sp³-hybridized carbons (Fsp3) is 0.682. The zero-order valence-electron chi connectivity index (χ0n) is 16.4. The Labute approximate surface area is 176 Å². The summed E-state index contributed by atoms with van der Waals surface area (Å²) in [5.74, 6) is 0.0396. The average molecular weight is 471 g/mol. The number of quaternary nitrogens is 1. The molecule has 1 aliphatic carbocycles. The van der Waals surface area contributed by atoms with Gasteiger partial charge >= 0.3 is 5.97 Å². The quantitative estimate of drug-likeness (QED) is 0.379. The number of likely N-dealkylation sites (tertiary alicyclic amines) is 1. The van der Waals surface area contributed by atoms with E-state index in [9.17, 15) is 4.79 Å². The molecule has 1 aromatic carbocycles. The Morgan fingerprint density at radius 3 is 2.08 bits per heavy atom. The lowest BCUT2D eigenvalue weighted by molar-refractivity contribution is -0.896. The lowest BCUT2D eigenvalue weighted by Gasteiger charge is -2.39. The number of carbonyl (C=O) groups is 1. The van der Waals surface area contributed by atoms with E-state index in [1.807, 2.05) is 6.07 Å². The maximum atomic E-state index is 13.4. The summed E-state index contributed by atoms with van der Waals surface area (Å²) in [5, 5.41) is 0. The maximum Gasteiger partial charge on any atom is 0.316 e. The van der Waals surface area contributed by atoms with E-state index in [1.165, 1.54) is 19.3 Å². The second-order valence-corrected chi connectivity index (χ2v) is 8.70. The van der Waals surface area contributed by atoms with Gasteiger partial charge in [0.15, 0.2) is 0 Å². The zero-order chi connectivity index (χ0) is 17.8. The topological polar surface area (TPSA) is 26.3 Å². The number of hydrogen-bond donors (Lipinski definition) is 0. The molecule has 26 heavy (non-hydrogen) atoms. The van der Waals surface area contributed by atoms with Crippen molar-refractivity contribution in [1.29, 1.82) is 0 Å². The lowest BCUT2D eigenvalue weighted by Crippen LogP contribution is -3.00. The van der Waals surface area contributed by atoms with Crippen molar-refractivity contribution in [2.75, 3.05) is 27.2 Å². The molecule has 1 heterocycles. The highest BCUT2D eigenvalue weighted by atomic mass is 127. The van der Waals surface area contributed by atoms with Crippen LogP contribution < -0.4 is 24.0 Å². The fourth-order valence-electron chi connectivity index (χ4n) is 4.50. The minimum Gasteiger partial charge on any atom is -1.00 e. The molecule has 146 valence electrons. The number of ether oxygens (including phenoxy) is 1. The normalized spacial score (nSPS) is 23.2. The van der Waals surface area contributed by atoms with E-state index in [2.05, 4.69) is 38.4 Å². The van der Waals surface area contributed by atoms with Crippen molar-refractivity contribution < 1.29 is 38.0 Å². The predicted molar refractivity (Wildman–Crippen MR) is 101 cm³/mol. The first-order valence-corrected chi connectivity index (χ1v) is 10.1. The second-order valence-electron chi connectivity index (χ2n) is 8.70. The molecular weight excluding hydrogens is 437 g/mol. The Balaban J connectivity index is 0.00000243. The fourth-order valence-corrected chi connectivity index (χ4v) is 4.50. The molecular formula is C22H34INO2. The third kappa shape index (κ3) is 5.22. The van der Waals surface area contributed by atoms with Crippen molar-refractivity contribution in [1.82, 2.24) is 0 Å². The molecule has 0 N–H and O–H groups in total. The van der Waals surface area contributed by atoms with Crippen molar-refractivity contribution >= 4 is 5.97 Å². The zero-order valence-corrected chi connectivity index (χ0v) is 18.5. The van der Waals surface area contributed by atoms with E-state index >= 15 is 0 Å². The number of halogens is 1. The highest BCUT2D eigenvalue weighted by Crippen LogP contribution is 2.39. The van der Waals surface area contributed by atoms with Crippen LogP contribution in [0.5, 0.6) is 0 Å². The molecule has 2 fully saturated rings. The first kappa shape index (κ1) is 21.7. The maximum absolute atomic E-state index is 13.4. The van der Waals surface area contributed by atoms with Gasteiger partial charge in [0.1, 0.15) is 6.10 Å². The number of nitrogens with zero attached hydrogens (tertiary/aromatic N) is 1. The predicted octanol–water partition coefficient (Wildman–Crippen LogP) is 1.45. The average Bonchev–Trinajstić information content (AvgIpc) is 2.58. The van der Waals surface area contributed by atoms with E-state index in [1.54, 1.807) is 0 Å². The third-order valence-electron chi connectivity index (χ3n) is 6.31. The van der Waals surface area contributed by atoms with Crippen LogP contribution in [0.3, 0.4) is 0 Å². The van der Waals surface area contributed by atoms with E-state index in [0.29, 0.717) is 0 Å². The number of carbonyl (C=O) groups excluding carboxylic acids is 1. The molecule has 1 aromatic rings. The van der Waals surface area contributed by atoms with Crippen LogP contribution in [0.15, 0.2) is 30.3 Å². The van der Waals surface area contributed by atoms with Gasteiger partial charge in [-0.1, -0.05) is 62.4 Å². The van der Waals surface area contributed by atoms with Crippen LogP contribution in [-0.4, -0.2) is 43.7 Å². The summed E-state index contributed by atoms with van der Waals surface area (Å²) >= 11 is 0. The Morgan fingerprint density at radius 2 is 1.50 bits per heavy atom. The summed E-state index contributed by atoms with van der Waals surface area (Å²) in [4.78, 5) is 13.4. The molecule has 0 aromatic heterocycles. The van der Waals surface area contributed by atoms with Crippen molar-refractivity contribution in [3.05, 3.63) is 35.9 Å². The van der Waals surface area contributed by atoms with Crippen LogP contribution >= 0.6 is 0 Å². The Kier molecular flexibility index (Phi) is 7.95. The Bertz CT molecular complexity index is 555. The first-order valence-electron chi connectivity index (χ1n) is 10.1. The minimum atomic E-state index is -0.427. The molecule has 4 heteroatoms. The molecule has 0 amide bonds. The molecule has 0 radical (unpaired) electrons. The van der Waals surface area contributed by atoms with Crippen molar-refractivity contribution in [2.24, 2.45) is 0 Å². The number of benzene rings is 1. The van der Waals surface area contributed by atoms with Crippen LogP contribution in [0, 0.1) is 0 Å². The summed E-state index contributed by atoms with van der Waals surface area (Å²) in [6.07, 6.45) is 9.96. The van der Waals surface area contributed by atoms with Gasteiger partial charge in [0, 0.05) is 12.8 Å². The van der Waals surface area contributed by atoms with Gasteiger partial charge in [-0.2, -0.15) is 0 Å². The summed E-state index contributed by atoms with van der Waals surface area (Å²) in [7, 11) is 4.52. The number of hydrogen-bond acceptors (Lipinski definition) is 2. The SMILES string of the molecule is C[N+]1(C)CCC(OC(=O)C2(c3ccccc3)CCCCCCC2)CC1.[I-]. The van der Waals surface area contributed by atoms with Gasteiger partial charge in [-0.3, -0.25) is 4.79 Å². The summed E-state index contributed by atoms with van der Waals surface area (Å²) in [6, 6.07) is 10.4. The molecule has 1 aliphatic heterocycles. The minimum absolute atomic E-state index is 0. The molecule has 0 bridgehead atoms. The van der Waals surface area contributed by atoms with Gasteiger partial charge in [-0.25, -0.2) is 0 Å². The van der Waals surface area contributed by atoms with E-state index in [4.69, 9.17) is 4.74 Å². The van der Waals surface area contributed by atoms with Crippen molar-refractivity contribution in [3.63, 3.8) is 0 Å². The number of rotatable bonds is 3. The summed E-state index contributed by atoms with van der Waals surface area (Å²) in [5.41, 5.74) is 0.734. The molecule has 2 aliphatic rings. The second kappa shape index (κ2) is 9.54. The molecule has 3 rings (SSSR count). The molecule has 1 saturated carbocycles. The molecule has 3 nitrogen and oxygen atoms in total. The monoisotopic (exact) mass is 471 g/mol.